The van der Waals surface area contributed by atoms with Gasteiger partial charge in [0.2, 0.25) is 5.56 Å². The number of aromatic nitrogens is 3. The Morgan fingerprint density at radius 2 is 1.70 bits per heavy atom. The summed E-state index contributed by atoms with van der Waals surface area (Å²) in [6.45, 7) is 0. The van der Waals surface area contributed by atoms with Gasteiger partial charge in [-0.3, -0.25) is 4.79 Å². The molecule has 2 N–H and O–H groups in total. The predicted molar refractivity (Wildman–Crippen MR) is 96.3 cm³/mol. The molecule has 0 saturated heterocycles. The van der Waals surface area contributed by atoms with E-state index in [1.54, 1.807) is 12.1 Å². The molecule has 0 fully saturated rings. The highest BCUT2D eigenvalue weighted by Gasteiger charge is 2.22. The maximum atomic E-state index is 14.2. The van der Waals surface area contributed by atoms with Crippen LogP contribution in [0.15, 0.2) is 71.7 Å². The minimum absolute atomic E-state index is 0.0253. The van der Waals surface area contributed by atoms with Gasteiger partial charge in [0.15, 0.2) is 5.82 Å². The molecule has 0 amide bonds. The zero-order valence-electron chi connectivity index (χ0n) is 13.9. The molecule has 0 atom stereocenters. The van der Waals surface area contributed by atoms with E-state index in [9.17, 15) is 18.8 Å². The Hall–Kier alpha value is -3.74. The lowest BCUT2D eigenvalue weighted by Gasteiger charge is -2.06. The van der Waals surface area contributed by atoms with E-state index in [1.807, 2.05) is 0 Å². The van der Waals surface area contributed by atoms with Crippen LogP contribution in [0.3, 0.4) is 0 Å². The Kier molecular flexibility index (Phi) is 4.04. The second kappa shape index (κ2) is 6.53. The topological polar surface area (TPSA) is 70.9 Å². The second-order valence-corrected chi connectivity index (χ2v) is 5.87. The third kappa shape index (κ3) is 2.99. The summed E-state index contributed by atoms with van der Waals surface area (Å²) in [5.74, 6) is -1.00. The van der Waals surface area contributed by atoms with E-state index < -0.39 is 11.6 Å². The summed E-state index contributed by atoms with van der Waals surface area (Å²) in [5.41, 5.74) is 1.12. The van der Waals surface area contributed by atoms with Gasteiger partial charge in [0, 0.05) is 23.4 Å². The highest BCUT2D eigenvalue weighted by atomic mass is 19.1. The van der Waals surface area contributed by atoms with E-state index in [4.69, 9.17) is 0 Å². The van der Waals surface area contributed by atoms with Crippen LogP contribution in [-0.4, -0.2) is 19.9 Å². The molecule has 0 unspecified atom stereocenters. The Morgan fingerprint density at radius 1 is 0.963 bits per heavy atom. The fourth-order valence-corrected chi connectivity index (χ4v) is 2.89. The molecular weight excluding hydrogens is 352 g/mol. The van der Waals surface area contributed by atoms with Crippen LogP contribution < -0.4 is 5.56 Å². The first-order valence-electron chi connectivity index (χ1n) is 8.06. The summed E-state index contributed by atoms with van der Waals surface area (Å²) in [6, 6.07) is 14.3. The van der Waals surface area contributed by atoms with Gasteiger partial charge in [-0.25, -0.2) is 13.8 Å². The SMILES string of the molecule is O=c1cc(-c2c(-c3ccc(F)cc3)nc(-c3ccccc3F)n2O)cc[nH]1. The third-order valence-electron chi connectivity index (χ3n) is 4.14. The van der Waals surface area contributed by atoms with Crippen molar-refractivity contribution >= 4 is 0 Å². The number of nitrogens with one attached hydrogen (secondary N) is 1. The van der Waals surface area contributed by atoms with Gasteiger partial charge < -0.3 is 10.2 Å². The molecule has 2 aromatic heterocycles. The highest BCUT2D eigenvalue weighted by molar-refractivity contribution is 5.81. The Bertz CT molecular complexity index is 1180. The summed E-state index contributed by atoms with van der Waals surface area (Å²) < 4.78 is 28.3. The van der Waals surface area contributed by atoms with Gasteiger partial charge in [0.25, 0.3) is 0 Å². The molecule has 5 nitrogen and oxygen atoms in total. The van der Waals surface area contributed by atoms with Crippen LogP contribution in [0.5, 0.6) is 0 Å². The van der Waals surface area contributed by atoms with Crippen LogP contribution in [0.4, 0.5) is 8.78 Å². The molecule has 0 radical (unpaired) electrons. The summed E-state index contributed by atoms with van der Waals surface area (Å²) in [5, 5.41) is 10.7. The van der Waals surface area contributed by atoms with E-state index in [-0.39, 0.29) is 22.6 Å². The minimum Gasteiger partial charge on any atom is -0.426 e. The first-order valence-corrected chi connectivity index (χ1v) is 8.06. The molecule has 0 spiro atoms. The molecule has 0 aliphatic rings. The van der Waals surface area contributed by atoms with Gasteiger partial charge in [0.1, 0.15) is 23.0 Å². The monoisotopic (exact) mass is 365 g/mol. The third-order valence-corrected chi connectivity index (χ3v) is 4.14. The zero-order valence-corrected chi connectivity index (χ0v) is 13.9. The van der Waals surface area contributed by atoms with Crippen molar-refractivity contribution in [3.63, 3.8) is 0 Å². The molecule has 27 heavy (non-hydrogen) atoms. The van der Waals surface area contributed by atoms with E-state index in [1.165, 1.54) is 54.7 Å². The average molecular weight is 365 g/mol. The molecular formula is C20H13F2N3O2. The Morgan fingerprint density at radius 3 is 2.41 bits per heavy atom. The normalized spacial score (nSPS) is 10.9. The number of nitrogens with zero attached hydrogens (tertiary/aromatic N) is 2. The van der Waals surface area contributed by atoms with Crippen molar-refractivity contribution in [2.45, 2.75) is 0 Å². The summed E-state index contributed by atoms with van der Waals surface area (Å²) in [7, 11) is 0. The van der Waals surface area contributed by atoms with Crippen LogP contribution in [0, 0.1) is 11.6 Å². The molecule has 4 rings (SSSR count). The molecule has 7 heteroatoms. The summed E-state index contributed by atoms with van der Waals surface area (Å²) in [6.07, 6.45) is 1.43. The first-order chi connectivity index (χ1) is 13.0. The van der Waals surface area contributed by atoms with E-state index in [2.05, 4.69) is 9.97 Å². The lowest BCUT2D eigenvalue weighted by Crippen LogP contribution is -2.05. The predicted octanol–water partition coefficient (Wildman–Crippen LogP) is 4.09. The Labute approximate surface area is 152 Å². The molecule has 2 aromatic carbocycles. The lowest BCUT2D eigenvalue weighted by molar-refractivity contribution is 0.195. The van der Waals surface area contributed by atoms with Crippen molar-refractivity contribution in [2.75, 3.05) is 0 Å². The quantitative estimate of drug-likeness (QED) is 0.537. The minimum atomic E-state index is -0.555. The summed E-state index contributed by atoms with van der Waals surface area (Å²) in [4.78, 5) is 18.6. The molecule has 0 bridgehead atoms. The zero-order chi connectivity index (χ0) is 19.0. The van der Waals surface area contributed by atoms with Gasteiger partial charge in [-0.05, 0) is 42.5 Å². The van der Waals surface area contributed by atoms with Gasteiger partial charge >= 0.3 is 0 Å². The number of hydrogen-bond donors (Lipinski definition) is 2. The highest BCUT2D eigenvalue weighted by Crippen LogP contribution is 2.35. The van der Waals surface area contributed by atoms with Crippen molar-refractivity contribution in [1.29, 1.82) is 0 Å². The van der Waals surface area contributed by atoms with Crippen molar-refractivity contribution in [3.05, 3.63) is 88.8 Å². The maximum absolute atomic E-state index is 14.2. The number of imidazole rings is 1. The standard InChI is InChI=1S/C20H13F2N3O2/c21-14-7-5-12(6-8-14)18-19(13-9-10-23-17(26)11-13)25(27)20(24-18)15-3-1-2-4-16(15)22/h1-11,27H,(H,23,26). The second-order valence-electron chi connectivity index (χ2n) is 5.87. The molecule has 0 aliphatic carbocycles. The number of rotatable bonds is 3. The molecule has 0 aliphatic heterocycles. The smallest absolute Gasteiger partial charge is 0.248 e. The molecule has 4 aromatic rings. The number of benzene rings is 2. The molecule has 0 saturated carbocycles. The average Bonchev–Trinajstić information content (AvgIpc) is 3.00. The van der Waals surface area contributed by atoms with Crippen molar-refractivity contribution in [1.82, 2.24) is 14.7 Å². The Balaban J connectivity index is 2.02. The van der Waals surface area contributed by atoms with E-state index in [0.29, 0.717) is 16.8 Å². The largest absolute Gasteiger partial charge is 0.426 e. The van der Waals surface area contributed by atoms with Crippen LogP contribution in [0.1, 0.15) is 0 Å². The van der Waals surface area contributed by atoms with Gasteiger partial charge in [0.05, 0.1) is 5.56 Å². The molecule has 134 valence electrons. The molecule has 2 heterocycles. The van der Waals surface area contributed by atoms with Crippen LogP contribution >= 0.6 is 0 Å². The van der Waals surface area contributed by atoms with Crippen molar-refractivity contribution in [3.8, 4) is 33.9 Å². The first kappa shape index (κ1) is 16.7. The van der Waals surface area contributed by atoms with E-state index in [0.717, 1.165) is 4.73 Å². The number of halogens is 2. The fourth-order valence-electron chi connectivity index (χ4n) is 2.89. The summed E-state index contributed by atoms with van der Waals surface area (Å²) >= 11 is 0. The van der Waals surface area contributed by atoms with Gasteiger partial charge in [-0.15, -0.1) is 0 Å². The van der Waals surface area contributed by atoms with Crippen LogP contribution in [-0.2, 0) is 0 Å². The lowest BCUT2D eigenvalue weighted by atomic mass is 10.1. The van der Waals surface area contributed by atoms with Crippen LogP contribution in [0.25, 0.3) is 33.9 Å². The maximum Gasteiger partial charge on any atom is 0.248 e. The number of aromatic amines is 1. The van der Waals surface area contributed by atoms with E-state index >= 15 is 0 Å². The number of H-pyrrole nitrogens is 1. The van der Waals surface area contributed by atoms with Crippen molar-refractivity contribution < 1.29 is 14.0 Å². The fraction of sp³-hybridized carbons (Fsp3) is 0. The van der Waals surface area contributed by atoms with Crippen molar-refractivity contribution in [2.24, 2.45) is 0 Å². The van der Waals surface area contributed by atoms with Gasteiger partial charge in [-0.1, -0.05) is 12.1 Å². The number of pyridine rings is 1. The van der Waals surface area contributed by atoms with Gasteiger partial charge in [-0.2, -0.15) is 4.73 Å². The number of hydrogen-bond acceptors (Lipinski definition) is 3. The van der Waals surface area contributed by atoms with Crippen LogP contribution in [0.2, 0.25) is 0 Å².